The van der Waals surface area contributed by atoms with Gasteiger partial charge in [0.05, 0.1) is 12.1 Å². The summed E-state index contributed by atoms with van der Waals surface area (Å²) >= 11 is 0. The maximum atomic E-state index is 11.5. The van der Waals surface area contributed by atoms with Crippen molar-refractivity contribution in [1.82, 2.24) is 0 Å². The highest BCUT2D eigenvalue weighted by Crippen LogP contribution is 2.25. The number of ketones is 1. The molecule has 0 aliphatic heterocycles. The predicted molar refractivity (Wildman–Crippen MR) is 54.7 cm³/mol. The van der Waals surface area contributed by atoms with Crippen molar-refractivity contribution in [3.8, 4) is 12.1 Å². The molecule has 0 aromatic heterocycles. The summed E-state index contributed by atoms with van der Waals surface area (Å²) in [5.41, 5.74) is -0.930. The van der Waals surface area contributed by atoms with Crippen molar-refractivity contribution in [1.29, 1.82) is 10.5 Å². The molecule has 15 heavy (non-hydrogen) atoms. The van der Waals surface area contributed by atoms with E-state index in [0.29, 0.717) is 19.4 Å². The Morgan fingerprint density at radius 1 is 1.27 bits per heavy atom. The molecule has 0 amide bonds. The van der Waals surface area contributed by atoms with Gasteiger partial charge in [-0.05, 0) is 26.7 Å². The van der Waals surface area contributed by atoms with Gasteiger partial charge in [0.25, 0.3) is 0 Å². The second kappa shape index (κ2) is 6.98. The minimum Gasteiger partial charge on any atom is -0.367 e. The number of carbonyl (C=O) groups is 1. The Balaban J connectivity index is 4.66. The molecule has 0 bridgehead atoms. The molecular weight excluding hydrogens is 192 g/mol. The van der Waals surface area contributed by atoms with Crippen LogP contribution in [0.1, 0.15) is 39.5 Å². The summed E-state index contributed by atoms with van der Waals surface area (Å²) in [6, 6.07) is 4.00. The first kappa shape index (κ1) is 13.6. The molecule has 0 N–H and O–H groups in total. The number of nitrogens with zero attached hydrogens (tertiary/aromatic N) is 2. The van der Waals surface area contributed by atoms with E-state index in [9.17, 15) is 4.79 Å². The van der Waals surface area contributed by atoms with Gasteiger partial charge in [0, 0.05) is 19.4 Å². The quantitative estimate of drug-likeness (QED) is 0.641. The second-order valence-electron chi connectivity index (χ2n) is 3.30. The zero-order chi connectivity index (χ0) is 11.7. The van der Waals surface area contributed by atoms with E-state index in [1.807, 2.05) is 12.1 Å². The third-order valence-corrected chi connectivity index (χ3v) is 2.34. The molecule has 0 saturated carbocycles. The van der Waals surface area contributed by atoms with Gasteiger partial charge < -0.3 is 4.74 Å². The summed E-state index contributed by atoms with van der Waals surface area (Å²) in [5, 5.41) is 17.0. The summed E-state index contributed by atoms with van der Waals surface area (Å²) < 4.78 is 5.44. The predicted octanol–water partition coefficient (Wildman–Crippen LogP) is 1.96. The van der Waals surface area contributed by atoms with Gasteiger partial charge >= 0.3 is 0 Å². The number of hydrogen-bond donors (Lipinski definition) is 0. The van der Waals surface area contributed by atoms with Gasteiger partial charge in [-0.15, -0.1) is 0 Å². The van der Waals surface area contributed by atoms with Crippen molar-refractivity contribution < 1.29 is 9.53 Å². The Hall–Kier alpha value is -1.39. The van der Waals surface area contributed by atoms with Crippen LogP contribution in [0.4, 0.5) is 0 Å². The maximum Gasteiger partial charge on any atom is 0.161 e. The molecule has 0 spiro atoms. The molecule has 4 nitrogen and oxygen atoms in total. The molecule has 4 heteroatoms. The zero-order valence-electron chi connectivity index (χ0n) is 9.25. The van der Waals surface area contributed by atoms with E-state index in [4.69, 9.17) is 15.3 Å². The lowest BCUT2D eigenvalue weighted by atomic mass is 9.88. The Morgan fingerprint density at radius 2 is 1.73 bits per heavy atom. The number of Topliss-reactive ketones (excluding diaryl/α,β-unsaturated/α-hetero) is 1. The minimum absolute atomic E-state index is 0.102. The number of carbonyl (C=O) groups excluding carboxylic acids is 1. The third-order valence-electron chi connectivity index (χ3n) is 2.34. The largest absolute Gasteiger partial charge is 0.367 e. The van der Waals surface area contributed by atoms with Crippen LogP contribution in [0.25, 0.3) is 0 Å². The van der Waals surface area contributed by atoms with Crippen molar-refractivity contribution >= 4 is 5.78 Å². The molecule has 0 aromatic rings. The SMILES string of the molecule is CCOC(CCC#N)(CCC#N)C(C)=O. The van der Waals surface area contributed by atoms with Crippen molar-refractivity contribution in [2.24, 2.45) is 0 Å². The first-order chi connectivity index (χ1) is 7.13. The summed E-state index contributed by atoms with van der Waals surface area (Å²) in [6.07, 6.45) is 1.28. The first-order valence-electron chi connectivity index (χ1n) is 5.02. The van der Waals surface area contributed by atoms with Crippen LogP contribution in [0.15, 0.2) is 0 Å². The van der Waals surface area contributed by atoms with Gasteiger partial charge in [0.15, 0.2) is 5.78 Å². The van der Waals surface area contributed by atoms with Gasteiger partial charge in [0.1, 0.15) is 5.60 Å². The average molecular weight is 208 g/mol. The lowest BCUT2D eigenvalue weighted by Gasteiger charge is -2.29. The zero-order valence-corrected chi connectivity index (χ0v) is 9.25. The molecule has 82 valence electrons. The fourth-order valence-corrected chi connectivity index (χ4v) is 1.51. The number of nitriles is 2. The summed E-state index contributed by atoms with van der Waals surface area (Å²) in [6.45, 7) is 3.66. The monoisotopic (exact) mass is 208 g/mol. The number of rotatable bonds is 7. The Kier molecular flexibility index (Phi) is 6.33. The molecule has 0 fully saturated rings. The highest BCUT2D eigenvalue weighted by molar-refractivity contribution is 5.85. The average Bonchev–Trinajstić information content (AvgIpc) is 2.22. The molecule has 0 rings (SSSR count). The smallest absolute Gasteiger partial charge is 0.161 e. The minimum atomic E-state index is -0.930. The van der Waals surface area contributed by atoms with E-state index in [0.717, 1.165) is 0 Å². The van der Waals surface area contributed by atoms with Crippen LogP contribution in [0, 0.1) is 22.7 Å². The molecule has 0 heterocycles. The summed E-state index contributed by atoms with van der Waals surface area (Å²) in [7, 11) is 0. The van der Waals surface area contributed by atoms with Gasteiger partial charge in [-0.3, -0.25) is 4.79 Å². The molecule has 0 saturated heterocycles. The normalized spacial score (nSPS) is 10.4. The van der Waals surface area contributed by atoms with Crippen LogP contribution in [0.5, 0.6) is 0 Å². The van der Waals surface area contributed by atoms with E-state index in [2.05, 4.69) is 0 Å². The third kappa shape index (κ3) is 4.10. The Morgan fingerprint density at radius 3 is 2.00 bits per heavy atom. The fraction of sp³-hybridized carbons (Fsp3) is 0.727. The van der Waals surface area contributed by atoms with Crippen LogP contribution in [-0.2, 0) is 9.53 Å². The summed E-state index contributed by atoms with van der Waals surface area (Å²) in [4.78, 5) is 11.5. The first-order valence-corrected chi connectivity index (χ1v) is 5.02. The highest BCUT2D eigenvalue weighted by Gasteiger charge is 2.35. The van der Waals surface area contributed by atoms with E-state index >= 15 is 0 Å². The second-order valence-corrected chi connectivity index (χ2v) is 3.30. The van der Waals surface area contributed by atoms with Gasteiger partial charge in [0.2, 0.25) is 0 Å². The molecule has 0 radical (unpaired) electrons. The molecule has 0 aromatic carbocycles. The van der Waals surface area contributed by atoms with Crippen molar-refractivity contribution in [3.63, 3.8) is 0 Å². The highest BCUT2D eigenvalue weighted by atomic mass is 16.5. The van der Waals surface area contributed by atoms with Gasteiger partial charge in [-0.2, -0.15) is 10.5 Å². The van der Waals surface area contributed by atoms with Crippen LogP contribution >= 0.6 is 0 Å². The molecule has 0 unspecified atom stereocenters. The van der Waals surface area contributed by atoms with E-state index < -0.39 is 5.60 Å². The van der Waals surface area contributed by atoms with Crippen LogP contribution in [-0.4, -0.2) is 18.0 Å². The molecule has 0 aliphatic rings. The fourth-order valence-electron chi connectivity index (χ4n) is 1.51. The summed E-state index contributed by atoms with van der Waals surface area (Å²) in [5.74, 6) is -0.102. The van der Waals surface area contributed by atoms with Crippen LogP contribution in [0.3, 0.4) is 0 Å². The van der Waals surface area contributed by atoms with E-state index in [1.165, 1.54) is 6.92 Å². The van der Waals surface area contributed by atoms with Gasteiger partial charge in [-0.1, -0.05) is 0 Å². The number of ether oxygens (including phenoxy) is 1. The van der Waals surface area contributed by atoms with Crippen molar-refractivity contribution in [2.75, 3.05) is 6.61 Å². The lowest BCUT2D eigenvalue weighted by Crippen LogP contribution is -2.40. The van der Waals surface area contributed by atoms with Crippen LogP contribution < -0.4 is 0 Å². The Labute approximate surface area is 90.4 Å². The Bertz CT molecular complexity index is 268. The maximum absolute atomic E-state index is 11.5. The van der Waals surface area contributed by atoms with E-state index in [-0.39, 0.29) is 18.6 Å². The van der Waals surface area contributed by atoms with Crippen molar-refractivity contribution in [3.05, 3.63) is 0 Å². The lowest BCUT2D eigenvalue weighted by molar-refractivity contribution is -0.143. The molecule has 0 atom stereocenters. The topological polar surface area (TPSA) is 73.9 Å². The van der Waals surface area contributed by atoms with Crippen molar-refractivity contribution in [2.45, 2.75) is 45.1 Å². The van der Waals surface area contributed by atoms with Crippen LogP contribution in [0.2, 0.25) is 0 Å². The molecule has 0 aliphatic carbocycles. The molecular formula is C11H16N2O2. The van der Waals surface area contributed by atoms with Gasteiger partial charge in [-0.25, -0.2) is 0 Å². The number of hydrogen-bond acceptors (Lipinski definition) is 4. The standard InChI is InChI=1S/C11H16N2O2/c1-3-15-11(10(2)14,6-4-8-12)7-5-9-13/h3-7H2,1-2H3. The van der Waals surface area contributed by atoms with E-state index in [1.54, 1.807) is 6.92 Å².